The molecule has 0 saturated carbocycles. The normalized spacial score (nSPS) is 20.7. The van der Waals surface area contributed by atoms with E-state index in [-0.39, 0.29) is 25.8 Å². The Bertz CT molecular complexity index is 593. The Hall–Kier alpha value is 0.104. The van der Waals surface area contributed by atoms with Crippen LogP contribution in [0, 0.1) is 12.2 Å². The minimum absolute atomic E-state index is 0. The maximum atomic E-state index is 8.25. The predicted octanol–water partition coefficient (Wildman–Crippen LogP) is 3.76. The summed E-state index contributed by atoms with van der Waals surface area (Å²) in [5.41, 5.74) is 0. The molecular weight excluding hydrogens is 607 g/mol. The first kappa shape index (κ1) is 33.1. The van der Waals surface area contributed by atoms with Crippen molar-refractivity contribution in [1.82, 2.24) is 9.13 Å². The molecule has 7 heteroatoms. The maximum absolute atomic E-state index is 8.25. The van der Waals surface area contributed by atoms with E-state index in [1.165, 1.54) is 75.1 Å². The smallest absolute Gasteiger partial charge is 0.857 e. The largest absolute Gasteiger partial charge is 4.00 e. The summed E-state index contributed by atoms with van der Waals surface area (Å²) in [4.78, 5) is 0. The standard InChI is InChI=1S/2C12H20NSi.2CH3O.Hf/c2*1-14(2,12-8-4-5-9-12)13-10-6-3-7-11-13;2*1-2;/h2*4,8H,3,5-7,10-11H2,1-2H3;2*1H3;/q4*-1;+4. The topological polar surface area (TPSA) is 52.6 Å². The van der Waals surface area contributed by atoms with Crippen molar-refractivity contribution in [1.29, 1.82) is 0 Å². The van der Waals surface area contributed by atoms with Gasteiger partial charge in [0.25, 0.3) is 0 Å². The molecule has 33 heavy (non-hydrogen) atoms. The van der Waals surface area contributed by atoms with Crippen LogP contribution in [0.25, 0.3) is 0 Å². The number of allylic oxidation sites excluding steroid dienone is 8. The van der Waals surface area contributed by atoms with E-state index < -0.39 is 16.5 Å². The van der Waals surface area contributed by atoms with Crippen LogP contribution in [-0.2, 0) is 25.8 Å². The van der Waals surface area contributed by atoms with Crippen molar-refractivity contribution in [3.8, 4) is 0 Å². The molecule has 0 aromatic carbocycles. The fraction of sp³-hybridized carbons (Fsp3) is 0.692. The average molecular weight is 653 g/mol. The van der Waals surface area contributed by atoms with E-state index in [4.69, 9.17) is 10.2 Å². The van der Waals surface area contributed by atoms with Crippen molar-refractivity contribution >= 4 is 16.5 Å². The van der Waals surface area contributed by atoms with E-state index >= 15 is 0 Å². The third kappa shape index (κ3) is 9.94. The fourth-order valence-corrected chi connectivity index (χ4v) is 10.6. The second kappa shape index (κ2) is 17.5. The molecule has 0 spiro atoms. The summed E-state index contributed by atoms with van der Waals surface area (Å²) in [6.45, 7) is 15.1. The molecule has 0 aromatic rings. The van der Waals surface area contributed by atoms with E-state index in [0.29, 0.717) is 0 Å². The zero-order valence-electron chi connectivity index (χ0n) is 22.0. The van der Waals surface area contributed by atoms with Gasteiger partial charge in [-0.2, -0.15) is 26.4 Å². The molecule has 0 amide bonds. The molecule has 2 saturated heterocycles. The number of hydrogen-bond acceptors (Lipinski definition) is 4. The summed E-state index contributed by atoms with van der Waals surface area (Å²) in [5, 5.41) is 19.6. The number of hydrogen-bond donors (Lipinski definition) is 0. The first-order valence-corrected chi connectivity index (χ1v) is 18.2. The zero-order chi connectivity index (χ0) is 24.0. The van der Waals surface area contributed by atoms with Gasteiger partial charge >= 0.3 is 25.8 Å². The third-order valence-electron chi connectivity index (χ3n) is 7.00. The zero-order valence-corrected chi connectivity index (χ0v) is 27.6. The summed E-state index contributed by atoms with van der Waals surface area (Å²) >= 11 is 0. The van der Waals surface area contributed by atoms with Crippen LogP contribution in [0.4, 0.5) is 0 Å². The van der Waals surface area contributed by atoms with Gasteiger partial charge in [0, 0.05) is 0 Å². The maximum Gasteiger partial charge on any atom is 4.00 e. The molecule has 0 N–H and O–H groups in total. The average Bonchev–Trinajstić information content (AvgIpc) is 3.59. The molecule has 2 aliphatic carbocycles. The van der Waals surface area contributed by atoms with Crippen molar-refractivity contribution in [2.24, 2.45) is 0 Å². The summed E-state index contributed by atoms with van der Waals surface area (Å²) in [6.07, 6.45) is 26.7. The van der Waals surface area contributed by atoms with Gasteiger partial charge in [-0.3, -0.25) is 12.2 Å². The first-order valence-electron chi connectivity index (χ1n) is 12.3. The molecule has 2 aliphatic heterocycles. The quantitative estimate of drug-likeness (QED) is 0.343. The van der Waals surface area contributed by atoms with Crippen LogP contribution in [0.15, 0.2) is 34.7 Å². The van der Waals surface area contributed by atoms with Crippen molar-refractivity contribution in [2.45, 2.75) is 77.6 Å². The van der Waals surface area contributed by atoms with Gasteiger partial charge in [-0.1, -0.05) is 39.0 Å². The summed E-state index contributed by atoms with van der Waals surface area (Å²) in [7, 11) is -1.13. The molecule has 0 bridgehead atoms. The van der Waals surface area contributed by atoms with Crippen LogP contribution in [0.1, 0.15) is 51.4 Å². The Morgan fingerprint density at radius 3 is 1.15 bits per heavy atom. The summed E-state index contributed by atoms with van der Waals surface area (Å²) in [5.74, 6) is 0. The molecule has 184 valence electrons. The monoisotopic (exact) mass is 654 g/mol. The summed E-state index contributed by atoms with van der Waals surface area (Å²) in [6, 6.07) is 0. The van der Waals surface area contributed by atoms with E-state index in [0.717, 1.165) is 27.1 Å². The Balaban J connectivity index is 0.000000526. The predicted molar refractivity (Wildman–Crippen MR) is 139 cm³/mol. The number of nitrogens with zero attached hydrogens (tertiary/aromatic N) is 2. The van der Waals surface area contributed by atoms with Crippen LogP contribution in [0.3, 0.4) is 0 Å². The van der Waals surface area contributed by atoms with Crippen molar-refractivity contribution in [3.05, 3.63) is 46.8 Å². The van der Waals surface area contributed by atoms with Crippen LogP contribution in [0.5, 0.6) is 0 Å². The van der Waals surface area contributed by atoms with Gasteiger partial charge in [-0.05, 0) is 51.9 Å². The SMILES string of the molecule is C[O-].C[O-].C[Si](C)(C1=[C-]CC=C1)N1CCCCC1.C[Si](C)(C1=[C-]CC=C1)N1CCCCC1.[Hf+4]. The van der Waals surface area contributed by atoms with Gasteiger partial charge in [-0.15, -0.1) is 12.8 Å². The molecule has 0 unspecified atom stereocenters. The van der Waals surface area contributed by atoms with Crippen LogP contribution in [-0.4, -0.2) is 66.0 Å². The van der Waals surface area contributed by atoms with E-state index in [9.17, 15) is 0 Å². The van der Waals surface area contributed by atoms with Gasteiger partial charge in [0.05, 0.1) is 0 Å². The number of piperidine rings is 2. The first-order chi connectivity index (χ1) is 15.4. The molecule has 4 rings (SSSR count). The fourth-order valence-electron chi connectivity index (χ4n) is 4.90. The Labute approximate surface area is 225 Å². The molecule has 0 radical (unpaired) electrons. The molecule has 4 nitrogen and oxygen atoms in total. The van der Waals surface area contributed by atoms with Crippen molar-refractivity contribution in [3.63, 3.8) is 0 Å². The number of rotatable bonds is 4. The molecule has 2 fully saturated rings. The summed E-state index contributed by atoms with van der Waals surface area (Å²) < 4.78 is 5.49. The minimum Gasteiger partial charge on any atom is -0.857 e. The van der Waals surface area contributed by atoms with Crippen LogP contribution >= 0.6 is 0 Å². The van der Waals surface area contributed by atoms with Gasteiger partial charge in [0.15, 0.2) is 0 Å². The van der Waals surface area contributed by atoms with Crippen LogP contribution < -0.4 is 10.2 Å². The second-order valence-corrected chi connectivity index (χ2v) is 18.2. The minimum atomic E-state index is -1.32. The molecule has 2 heterocycles. The van der Waals surface area contributed by atoms with Gasteiger partial charge < -0.3 is 19.3 Å². The van der Waals surface area contributed by atoms with Gasteiger partial charge in [-0.25, -0.2) is 22.5 Å². The second-order valence-electron chi connectivity index (χ2n) is 9.61. The van der Waals surface area contributed by atoms with Crippen molar-refractivity contribution < 1.29 is 36.1 Å². The molecule has 4 aliphatic rings. The van der Waals surface area contributed by atoms with Gasteiger partial charge in [0.1, 0.15) is 16.5 Å². The molecular formula is C26H46HfN2O2Si2. The Morgan fingerprint density at radius 2 is 0.909 bits per heavy atom. The van der Waals surface area contributed by atoms with E-state index in [1.54, 1.807) is 0 Å². The Kier molecular flexibility index (Phi) is 17.6. The molecule has 0 atom stereocenters. The van der Waals surface area contributed by atoms with Gasteiger partial charge in [0.2, 0.25) is 0 Å². The Morgan fingerprint density at radius 1 is 0.606 bits per heavy atom. The third-order valence-corrected chi connectivity index (χ3v) is 14.4. The van der Waals surface area contributed by atoms with Crippen molar-refractivity contribution in [2.75, 3.05) is 40.4 Å². The van der Waals surface area contributed by atoms with E-state index in [1.807, 2.05) is 0 Å². The molecule has 0 aromatic heterocycles. The van der Waals surface area contributed by atoms with Crippen LogP contribution in [0.2, 0.25) is 26.2 Å². The van der Waals surface area contributed by atoms with E-state index in [2.05, 4.69) is 71.8 Å².